The molecule has 0 N–H and O–H groups in total. The van der Waals surface area contributed by atoms with E-state index in [9.17, 15) is 0 Å². The summed E-state index contributed by atoms with van der Waals surface area (Å²) >= 11 is 0. The molecule has 0 bridgehead atoms. The first kappa shape index (κ1) is 11.2. The predicted octanol–water partition coefficient (Wildman–Crippen LogP) is 3.76. The van der Waals surface area contributed by atoms with E-state index < -0.39 is 0 Å². The number of oxime groups is 1. The Labute approximate surface area is 97.3 Å². The van der Waals surface area contributed by atoms with Gasteiger partial charge in [0.05, 0.1) is 5.71 Å². The lowest BCUT2D eigenvalue weighted by molar-refractivity contribution is 0.0771. The third kappa shape index (κ3) is 2.84. The number of unbranched alkanes of at least 4 members (excludes halogenated alkanes) is 2. The molecule has 16 heavy (non-hydrogen) atoms. The maximum Gasteiger partial charge on any atom is 0.133 e. The zero-order valence-electron chi connectivity index (χ0n) is 9.86. The second-order valence-electron chi connectivity index (χ2n) is 4.33. The van der Waals surface area contributed by atoms with Gasteiger partial charge in [-0.25, -0.2) is 0 Å². The van der Waals surface area contributed by atoms with E-state index in [1.54, 1.807) is 0 Å². The Balaban J connectivity index is 1.83. The molecule has 1 aliphatic rings. The van der Waals surface area contributed by atoms with Crippen LogP contribution in [0.1, 0.15) is 44.6 Å². The lowest BCUT2D eigenvalue weighted by atomic mass is 10.0. The minimum absolute atomic E-state index is 0.307. The molecule has 0 aromatic heterocycles. The van der Waals surface area contributed by atoms with Crippen molar-refractivity contribution in [3.05, 3.63) is 35.9 Å². The van der Waals surface area contributed by atoms with Gasteiger partial charge in [0.25, 0.3) is 0 Å². The summed E-state index contributed by atoms with van der Waals surface area (Å²) in [5, 5.41) is 4.18. The summed E-state index contributed by atoms with van der Waals surface area (Å²) in [5.41, 5.74) is 2.29. The molecule has 0 spiro atoms. The minimum Gasteiger partial charge on any atom is -0.392 e. The van der Waals surface area contributed by atoms with Crippen molar-refractivity contribution in [2.75, 3.05) is 0 Å². The van der Waals surface area contributed by atoms with E-state index in [0.29, 0.717) is 6.10 Å². The number of nitrogens with zero attached hydrogens (tertiary/aromatic N) is 1. The fraction of sp³-hybridized carbons (Fsp3) is 0.500. The summed E-state index contributed by atoms with van der Waals surface area (Å²) in [6.45, 7) is 2.22. The van der Waals surface area contributed by atoms with Crippen molar-refractivity contribution in [3.63, 3.8) is 0 Å². The van der Waals surface area contributed by atoms with Gasteiger partial charge in [-0.1, -0.05) is 55.3 Å². The lowest BCUT2D eigenvalue weighted by Crippen LogP contribution is -2.08. The van der Waals surface area contributed by atoms with E-state index >= 15 is 0 Å². The van der Waals surface area contributed by atoms with Gasteiger partial charge in [0.2, 0.25) is 0 Å². The molecule has 1 aliphatic heterocycles. The molecule has 1 aromatic rings. The van der Waals surface area contributed by atoms with Crippen LogP contribution in [0.15, 0.2) is 35.5 Å². The van der Waals surface area contributed by atoms with E-state index in [0.717, 1.165) is 18.6 Å². The standard InChI is InChI=1S/C14H19NO/c1-2-3-5-10-13-11-14(15-16-13)12-8-6-4-7-9-12/h4,6-9,13H,2-3,5,10-11H2,1H3. The van der Waals surface area contributed by atoms with Crippen molar-refractivity contribution in [3.8, 4) is 0 Å². The maximum absolute atomic E-state index is 5.45. The molecule has 2 heteroatoms. The monoisotopic (exact) mass is 217 g/mol. The van der Waals surface area contributed by atoms with Gasteiger partial charge >= 0.3 is 0 Å². The smallest absolute Gasteiger partial charge is 0.133 e. The Morgan fingerprint density at radius 2 is 2.06 bits per heavy atom. The first-order valence-corrected chi connectivity index (χ1v) is 6.18. The fourth-order valence-corrected chi connectivity index (χ4v) is 2.01. The summed E-state index contributed by atoms with van der Waals surface area (Å²) in [4.78, 5) is 5.45. The van der Waals surface area contributed by atoms with Crippen molar-refractivity contribution in [1.29, 1.82) is 0 Å². The van der Waals surface area contributed by atoms with Crippen LogP contribution in [-0.2, 0) is 4.84 Å². The molecular formula is C14H19NO. The summed E-state index contributed by atoms with van der Waals surface area (Å²) in [5.74, 6) is 0. The van der Waals surface area contributed by atoms with Crippen LogP contribution in [0.5, 0.6) is 0 Å². The summed E-state index contributed by atoms with van der Waals surface area (Å²) in [6, 6.07) is 10.3. The van der Waals surface area contributed by atoms with Gasteiger partial charge in [0.15, 0.2) is 0 Å². The van der Waals surface area contributed by atoms with Crippen LogP contribution in [-0.4, -0.2) is 11.8 Å². The maximum atomic E-state index is 5.45. The number of benzene rings is 1. The molecule has 86 valence electrons. The number of hydrogen-bond donors (Lipinski definition) is 0. The van der Waals surface area contributed by atoms with Gasteiger partial charge in [-0.05, 0) is 18.4 Å². The predicted molar refractivity (Wildman–Crippen MR) is 66.6 cm³/mol. The fourth-order valence-electron chi connectivity index (χ4n) is 2.01. The van der Waals surface area contributed by atoms with Crippen molar-refractivity contribution in [2.45, 2.75) is 45.1 Å². The molecule has 0 saturated heterocycles. The first-order chi connectivity index (χ1) is 7.90. The Morgan fingerprint density at radius 3 is 2.81 bits per heavy atom. The summed E-state index contributed by atoms with van der Waals surface area (Å²) < 4.78 is 0. The highest BCUT2D eigenvalue weighted by Crippen LogP contribution is 2.20. The molecule has 0 saturated carbocycles. The lowest BCUT2D eigenvalue weighted by Gasteiger charge is -2.06. The molecule has 0 amide bonds. The van der Waals surface area contributed by atoms with Crippen LogP contribution in [0.3, 0.4) is 0 Å². The zero-order valence-corrected chi connectivity index (χ0v) is 9.86. The molecule has 1 atom stereocenters. The van der Waals surface area contributed by atoms with Crippen LogP contribution in [0, 0.1) is 0 Å². The largest absolute Gasteiger partial charge is 0.392 e. The van der Waals surface area contributed by atoms with Crippen LogP contribution in [0.25, 0.3) is 0 Å². The Hall–Kier alpha value is -1.31. The van der Waals surface area contributed by atoms with Crippen molar-refractivity contribution < 1.29 is 4.84 Å². The second-order valence-corrected chi connectivity index (χ2v) is 4.33. The highest BCUT2D eigenvalue weighted by atomic mass is 16.6. The molecule has 2 nitrogen and oxygen atoms in total. The Bertz CT molecular complexity index is 345. The molecule has 1 heterocycles. The van der Waals surface area contributed by atoms with E-state index in [-0.39, 0.29) is 0 Å². The quantitative estimate of drug-likeness (QED) is 0.688. The van der Waals surface area contributed by atoms with Crippen molar-refractivity contribution in [2.24, 2.45) is 5.16 Å². The number of rotatable bonds is 5. The molecule has 0 fully saturated rings. The number of hydrogen-bond acceptors (Lipinski definition) is 2. The van der Waals surface area contributed by atoms with Gasteiger partial charge < -0.3 is 4.84 Å². The van der Waals surface area contributed by atoms with E-state index in [1.165, 1.54) is 24.8 Å². The average Bonchev–Trinajstić information content (AvgIpc) is 2.79. The topological polar surface area (TPSA) is 21.6 Å². The van der Waals surface area contributed by atoms with E-state index in [2.05, 4.69) is 24.2 Å². The van der Waals surface area contributed by atoms with Gasteiger partial charge in [-0.15, -0.1) is 0 Å². The molecule has 0 radical (unpaired) electrons. The van der Waals surface area contributed by atoms with Crippen LogP contribution < -0.4 is 0 Å². The van der Waals surface area contributed by atoms with Gasteiger partial charge in [-0.3, -0.25) is 0 Å². The van der Waals surface area contributed by atoms with Crippen LogP contribution in [0.4, 0.5) is 0 Å². The van der Waals surface area contributed by atoms with E-state index in [1.807, 2.05) is 18.2 Å². The van der Waals surface area contributed by atoms with Crippen LogP contribution >= 0.6 is 0 Å². The van der Waals surface area contributed by atoms with Gasteiger partial charge in [-0.2, -0.15) is 0 Å². The minimum atomic E-state index is 0.307. The molecule has 2 rings (SSSR count). The van der Waals surface area contributed by atoms with Crippen molar-refractivity contribution >= 4 is 5.71 Å². The highest BCUT2D eigenvalue weighted by molar-refractivity contribution is 6.01. The molecule has 1 aromatic carbocycles. The highest BCUT2D eigenvalue weighted by Gasteiger charge is 2.21. The molecule has 0 aliphatic carbocycles. The third-order valence-corrected chi connectivity index (χ3v) is 2.97. The normalized spacial score (nSPS) is 19.3. The van der Waals surface area contributed by atoms with Gasteiger partial charge in [0.1, 0.15) is 6.10 Å². The van der Waals surface area contributed by atoms with Crippen LogP contribution in [0.2, 0.25) is 0 Å². The van der Waals surface area contributed by atoms with Crippen molar-refractivity contribution in [1.82, 2.24) is 0 Å². The Morgan fingerprint density at radius 1 is 1.25 bits per heavy atom. The molecule has 1 unspecified atom stereocenters. The SMILES string of the molecule is CCCCCC1CC(c2ccccc2)=NO1. The first-order valence-electron chi connectivity index (χ1n) is 6.18. The summed E-state index contributed by atoms with van der Waals surface area (Å²) in [7, 11) is 0. The third-order valence-electron chi connectivity index (χ3n) is 2.97. The average molecular weight is 217 g/mol. The zero-order chi connectivity index (χ0) is 11.2. The second kappa shape index (κ2) is 5.69. The molecular weight excluding hydrogens is 198 g/mol. The van der Waals surface area contributed by atoms with Gasteiger partial charge in [0, 0.05) is 6.42 Å². The van der Waals surface area contributed by atoms with E-state index in [4.69, 9.17) is 4.84 Å². The Kier molecular flexibility index (Phi) is 3.97. The summed E-state index contributed by atoms with van der Waals surface area (Å²) in [6.07, 6.45) is 6.21.